The Morgan fingerprint density at radius 3 is 2.31 bits per heavy atom. The van der Waals surface area contributed by atoms with Crippen molar-refractivity contribution in [2.45, 2.75) is 26.2 Å². The van der Waals surface area contributed by atoms with Crippen LogP contribution in [0.3, 0.4) is 0 Å². The number of benzene rings is 1. The van der Waals surface area contributed by atoms with Crippen molar-refractivity contribution in [1.29, 1.82) is 0 Å². The van der Waals surface area contributed by atoms with Gasteiger partial charge in [0.15, 0.2) is 11.6 Å². The Balaban J connectivity index is 3.47. The zero-order valence-electron chi connectivity index (χ0n) is 9.80. The topological polar surface area (TPSA) is 46.5 Å². The number of aromatic carboxylic acids is 1. The molecule has 1 N–H and O–H groups in total. The van der Waals surface area contributed by atoms with Gasteiger partial charge in [0.05, 0.1) is 12.7 Å². The van der Waals surface area contributed by atoms with Crippen LogP contribution in [0, 0.1) is 5.82 Å². The van der Waals surface area contributed by atoms with Gasteiger partial charge in [0, 0.05) is 5.56 Å². The zero-order chi connectivity index (χ0) is 12.5. The molecule has 0 aliphatic carbocycles. The summed E-state index contributed by atoms with van der Waals surface area (Å²) in [4.78, 5) is 10.8. The first kappa shape index (κ1) is 12.5. The number of hydrogen-bond acceptors (Lipinski definition) is 2. The van der Waals surface area contributed by atoms with Gasteiger partial charge in [-0.1, -0.05) is 26.8 Å². The summed E-state index contributed by atoms with van der Waals surface area (Å²) in [7, 11) is 1.33. The highest BCUT2D eigenvalue weighted by Gasteiger charge is 2.25. The van der Waals surface area contributed by atoms with Gasteiger partial charge in [-0.05, 0) is 11.5 Å². The summed E-state index contributed by atoms with van der Waals surface area (Å²) in [5.74, 6) is -2.11. The highest BCUT2D eigenvalue weighted by Crippen LogP contribution is 2.34. The summed E-state index contributed by atoms with van der Waals surface area (Å²) < 4.78 is 18.8. The lowest BCUT2D eigenvalue weighted by Crippen LogP contribution is -2.15. The Bertz CT molecular complexity index is 419. The number of carbonyl (C=O) groups is 1. The van der Waals surface area contributed by atoms with E-state index < -0.39 is 11.8 Å². The van der Waals surface area contributed by atoms with Crippen LogP contribution in [0.25, 0.3) is 0 Å². The lowest BCUT2D eigenvalue weighted by atomic mass is 9.85. The fourth-order valence-corrected chi connectivity index (χ4v) is 1.51. The minimum absolute atomic E-state index is 0.00685. The van der Waals surface area contributed by atoms with Gasteiger partial charge >= 0.3 is 5.97 Å². The van der Waals surface area contributed by atoms with E-state index in [2.05, 4.69) is 0 Å². The normalized spacial score (nSPS) is 11.3. The van der Waals surface area contributed by atoms with E-state index in [4.69, 9.17) is 9.84 Å². The highest BCUT2D eigenvalue weighted by atomic mass is 19.1. The minimum Gasteiger partial charge on any atom is -0.493 e. The third kappa shape index (κ3) is 2.15. The predicted molar refractivity (Wildman–Crippen MR) is 58.6 cm³/mol. The van der Waals surface area contributed by atoms with Crippen molar-refractivity contribution in [3.05, 3.63) is 29.1 Å². The van der Waals surface area contributed by atoms with E-state index in [1.165, 1.54) is 13.2 Å². The standard InChI is InChI=1S/C12H15FO3/c1-12(2,3)8-6-5-7(11(14)15)9(13)10(8)16-4/h5-6H,1-4H3,(H,14,15). The zero-order valence-corrected chi connectivity index (χ0v) is 9.80. The largest absolute Gasteiger partial charge is 0.493 e. The predicted octanol–water partition coefficient (Wildman–Crippen LogP) is 2.83. The molecule has 1 aromatic carbocycles. The molecule has 1 aromatic rings. The van der Waals surface area contributed by atoms with Gasteiger partial charge in [0.25, 0.3) is 0 Å². The molecule has 3 nitrogen and oxygen atoms in total. The quantitative estimate of drug-likeness (QED) is 0.843. The first-order chi connectivity index (χ1) is 7.29. The van der Waals surface area contributed by atoms with Crippen molar-refractivity contribution >= 4 is 5.97 Å². The molecular formula is C12H15FO3. The molecule has 0 saturated carbocycles. The number of hydrogen-bond donors (Lipinski definition) is 1. The van der Waals surface area contributed by atoms with Crippen LogP contribution in [0.4, 0.5) is 4.39 Å². The van der Waals surface area contributed by atoms with Crippen molar-refractivity contribution in [3.63, 3.8) is 0 Å². The van der Waals surface area contributed by atoms with E-state index in [0.717, 1.165) is 0 Å². The molecule has 0 aliphatic heterocycles. The molecular weight excluding hydrogens is 211 g/mol. The van der Waals surface area contributed by atoms with E-state index in [0.29, 0.717) is 5.56 Å². The molecule has 0 unspecified atom stereocenters. The van der Waals surface area contributed by atoms with Gasteiger partial charge in [0.2, 0.25) is 0 Å². The van der Waals surface area contributed by atoms with E-state index in [1.54, 1.807) is 6.07 Å². The maximum Gasteiger partial charge on any atom is 0.338 e. The van der Waals surface area contributed by atoms with Gasteiger partial charge in [-0.25, -0.2) is 9.18 Å². The maximum absolute atomic E-state index is 13.8. The fraction of sp³-hybridized carbons (Fsp3) is 0.417. The van der Waals surface area contributed by atoms with Gasteiger partial charge < -0.3 is 9.84 Å². The third-order valence-corrected chi connectivity index (χ3v) is 2.34. The summed E-state index contributed by atoms with van der Waals surface area (Å²) in [5.41, 5.74) is -0.0224. The van der Waals surface area contributed by atoms with Gasteiger partial charge in [-0.3, -0.25) is 0 Å². The molecule has 0 spiro atoms. The monoisotopic (exact) mass is 226 g/mol. The molecule has 0 fully saturated rings. The molecule has 16 heavy (non-hydrogen) atoms. The van der Waals surface area contributed by atoms with Gasteiger partial charge in [0.1, 0.15) is 0 Å². The molecule has 0 radical (unpaired) electrons. The highest BCUT2D eigenvalue weighted by molar-refractivity contribution is 5.88. The van der Waals surface area contributed by atoms with E-state index in [1.807, 2.05) is 20.8 Å². The molecule has 0 bridgehead atoms. The van der Waals surface area contributed by atoms with E-state index >= 15 is 0 Å². The van der Waals surface area contributed by atoms with Crippen LogP contribution in [0.2, 0.25) is 0 Å². The lowest BCUT2D eigenvalue weighted by Gasteiger charge is -2.22. The molecule has 0 saturated heterocycles. The Morgan fingerprint density at radius 1 is 1.38 bits per heavy atom. The first-order valence-electron chi connectivity index (χ1n) is 4.89. The fourth-order valence-electron chi connectivity index (χ4n) is 1.51. The number of carboxylic acid groups (broad SMARTS) is 1. The minimum atomic E-state index is -1.30. The average molecular weight is 226 g/mol. The summed E-state index contributed by atoms with van der Waals surface area (Å²) in [5, 5.41) is 8.78. The van der Waals surface area contributed by atoms with Crippen LogP contribution in [-0.4, -0.2) is 18.2 Å². The van der Waals surface area contributed by atoms with Crippen LogP contribution >= 0.6 is 0 Å². The van der Waals surface area contributed by atoms with Crippen molar-refractivity contribution < 1.29 is 19.0 Å². The smallest absolute Gasteiger partial charge is 0.338 e. The molecule has 0 aromatic heterocycles. The summed E-state index contributed by atoms with van der Waals surface area (Å²) in [6.45, 7) is 5.72. The second-order valence-corrected chi connectivity index (χ2v) is 4.56. The van der Waals surface area contributed by atoms with Crippen molar-refractivity contribution in [2.75, 3.05) is 7.11 Å². The van der Waals surface area contributed by atoms with Crippen LogP contribution in [0.5, 0.6) is 5.75 Å². The number of halogens is 1. The number of ether oxygens (including phenoxy) is 1. The first-order valence-corrected chi connectivity index (χ1v) is 4.89. The van der Waals surface area contributed by atoms with Crippen molar-refractivity contribution in [1.82, 2.24) is 0 Å². The molecule has 0 atom stereocenters. The summed E-state index contributed by atoms with van der Waals surface area (Å²) >= 11 is 0. The Morgan fingerprint density at radius 2 is 1.94 bits per heavy atom. The van der Waals surface area contributed by atoms with E-state index in [9.17, 15) is 9.18 Å². The van der Waals surface area contributed by atoms with Crippen LogP contribution in [-0.2, 0) is 5.41 Å². The van der Waals surface area contributed by atoms with Crippen molar-refractivity contribution in [3.8, 4) is 5.75 Å². The Hall–Kier alpha value is -1.58. The Kier molecular flexibility index (Phi) is 3.21. The van der Waals surface area contributed by atoms with Crippen LogP contribution in [0.1, 0.15) is 36.7 Å². The second-order valence-electron chi connectivity index (χ2n) is 4.56. The third-order valence-electron chi connectivity index (χ3n) is 2.34. The van der Waals surface area contributed by atoms with Gasteiger partial charge in [-0.2, -0.15) is 0 Å². The van der Waals surface area contributed by atoms with Crippen molar-refractivity contribution in [2.24, 2.45) is 0 Å². The average Bonchev–Trinajstić information content (AvgIpc) is 2.15. The number of carboxylic acids is 1. The number of methoxy groups -OCH3 is 1. The summed E-state index contributed by atoms with van der Waals surface area (Å²) in [6, 6.07) is 2.85. The lowest BCUT2D eigenvalue weighted by molar-refractivity contribution is 0.0691. The number of rotatable bonds is 2. The van der Waals surface area contributed by atoms with Crippen LogP contribution in [0.15, 0.2) is 12.1 Å². The molecule has 88 valence electrons. The Labute approximate surface area is 93.9 Å². The second kappa shape index (κ2) is 4.12. The molecule has 0 heterocycles. The summed E-state index contributed by atoms with van der Waals surface area (Å²) in [6.07, 6.45) is 0. The van der Waals surface area contributed by atoms with Crippen LogP contribution < -0.4 is 4.74 Å². The van der Waals surface area contributed by atoms with E-state index in [-0.39, 0.29) is 16.7 Å². The maximum atomic E-state index is 13.8. The van der Waals surface area contributed by atoms with Gasteiger partial charge in [-0.15, -0.1) is 0 Å². The molecule has 4 heteroatoms. The molecule has 0 amide bonds. The molecule has 1 rings (SSSR count). The SMILES string of the molecule is COc1c(C(C)(C)C)ccc(C(=O)O)c1F. The molecule has 0 aliphatic rings.